The summed E-state index contributed by atoms with van der Waals surface area (Å²) in [5.41, 5.74) is 16.4. The molecule has 282 valence electrons. The number of nitrogens with zero attached hydrogens (tertiary/aromatic N) is 2. The number of fused-ring (bicyclic) bond motifs is 4. The van der Waals surface area contributed by atoms with E-state index in [2.05, 4.69) is 252 Å². The Kier molecular flexibility index (Phi) is 8.87. The normalized spacial score (nSPS) is 11.3. The number of benzene rings is 10. The predicted octanol–water partition coefficient (Wildman–Crippen LogP) is 16.1. The van der Waals surface area contributed by atoms with Crippen molar-refractivity contribution < 1.29 is 0 Å². The van der Waals surface area contributed by atoms with Crippen LogP contribution in [0.15, 0.2) is 243 Å². The van der Waals surface area contributed by atoms with Crippen molar-refractivity contribution in [2.75, 3.05) is 4.90 Å². The summed E-state index contributed by atoms with van der Waals surface area (Å²) in [7, 11) is 0. The number of hydrogen-bond donors (Lipinski definition) is 0. The van der Waals surface area contributed by atoms with E-state index >= 15 is 0 Å². The lowest BCUT2D eigenvalue weighted by molar-refractivity contribution is 1.18. The van der Waals surface area contributed by atoms with Gasteiger partial charge in [-0.25, -0.2) is 0 Å². The third kappa shape index (κ3) is 6.32. The van der Waals surface area contributed by atoms with E-state index in [1.54, 1.807) is 0 Å². The molecule has 1 heterocycles. The summed E-state index contributed by atoms with van der Waals surface area (Å²) in [6.45, 7) is 0. The number of para-hydroxylation sites is 2. The Morgan fingerprint density at radius 1 is 0.300 bits per heavy atom. The molecule has 2 nitrogen and oxygen atoms in total. The topological polar surface area (TPSA) is 8.17 Å². The quantitative estimate of drug-likeness (QED) is 0.150. The van der Waals surface area contributed by atoms with Crippen LogP contribution in [0.25, 0.3) is 82.8 Å². The largest absolute Gasteiger partial charge is 0.310 e. The molecule has 0 fully saturated rings. The molecule has 11 rings (SSSR count). The van der Waals surface area contributed by atoms with E-state index in [9.17, 15) is 0 Å². The third-order valence-electron chi connectivity index (χ3n) is 11.8. The Balaban J connectivity index is 1.07. The van der Waals surface area contributed by atoms with Gasteiger partial charge in [0.2, 0.25) is 0 Å². The SMILES string of the molecule is c1ccc(-c2ccc(N(c3ccc(-c4ccc5ccccc5c4)cc3)c3cccc(-c4cccc5c4c4cccc(-c6ccccc6)c4n5-c4ccccc4)c3)cc2)cc1. The van der Waals surface area contributed by atoms with Gasteiger partial charge in [0, 0.05) is 39.1 Å². The number of anilines is 3. The highest BCUT2D eigenvalue weighted by Crippen LogP contribution is 2.44. The summed E-state index contributed by atoms with van der Waals surface area (Å²) in [4.78, 5) is 2.38. The van der Waals surface area contributed by atoms with E-state index in [-0.39, 0.29) is 0 Å². The van der Waals surface area contributed by atoms with Gasteiger partial charge >= 0.3 is 0 Å². The molecule has 0 aliphatic heterocycles. The highest BCUT2D eigenvalue weighted by Gasteiger charge is 2.21. The molecular weight excluding hydrogens is 725 g/mol. The summed E-state index contributed by atoms with van der Waals surface area (Å²) >= 11 is 0. The van der Waals surface area contributed by atoms with Crippen LogP contribution in [0.2, 0.25) is 0 Å². The molecule has 0 spiro atoms. The molecule has 10 aromatic carbocycles. The molecule has 0 N–H and O–H groups in total. The van der Waals surface area contributed by atoms with Crippen molar-refractivity contribution >= 4 is 49.6 Å². The Hall–Kier alpha value is -7.94. The average Bonchev–Trinajstić information content (AvgIpc) is 3.68. The smallest absolute Gasteiger partial charge is 0.0619 e. The molecule has 0 unspecified atom stereocenters. The summed E-state index contributed by atoms with van der Waals surface area (Å²) in [6, 6.07) is 87.8. The van der Waals surface area contributed by atoms with Crippen molar-refractivity contribution in [2.24, 2.45) is 0 Å². The van der Waals surface area contributed by atoms with Crippen molar-refractivity contribution in [2.45, 2.75) is 0 Å². The van der Waals surface area contributed by atoms with Gasteiger partial charge in [0.1, 0.15) is 0 Å². The van der Waals surface area contributed by atoms with Crippen LogP contribution in [0.3, 0.4) is 0 Å². The van der Waals surface area contributed by atoms with E-state index in [4.69, 9.17) is 0 Å². The summed E-state index contributed by atoms with van der Waals surface area (Å²) in [5, 5.41) is 4.97. The minimum Gasteiger partial charge on any atom is -0.310 e. The van der Waals surface area contributed by atoms with Gasteiger partial charge in [-0.05, 0) is 110 Å². The fourth-order valence-electron chi connectivity index (χ4n) is 8.92. The Bertz CT molecular complexity index is 3270. The van der Waals surface area contributed by atoms with Crippen LogP contribution in [0.4, 0.5) is 17.1 Å². The van der Waals surface area contributed by atoms with Gasteiger partial charge in [0.25, 0.3) is 0 Å². The first-order chi connectivity index (χ1) is 29.8. The van der Waals surface area contributed by atoms with Crippen molar-refractivity contribution in [1.82, 2.24) is 4.57 Å². The molecule has 0 bridgehead atoms. The second-order valence-electron chi connectivity index (χ2n) is 15.3. The monoisotopic (exact) mass is 764 g/mol. The first-order valence-electron chi connectivity index (χ1n) is 20.6. The van der Waals surface area contributed by atoms with Gasteiger partial charge in [-0.1, -0.05) is 182 Å². The standard InChI is InChI=1S/C58H40N2/c1-4-15-41(16-5-1)43-31-35-50(36-32-43)59(51-37-33-44(34-38-51)47-30-29-42-17-10-11-20-46(42)39-47)52-24-12-21-48(40-52)53-25-14-28-56-57(53)55-27-13-26-54(45-18-6-2-7-19-45)58(55)60(56)49-22-8-3-9-23-49/h1-40H. The Labute approximate surface area is 350 Å². The summed E-state index contributed by atoms with van der Waals surface area (Å²) in [5.74, 6) is 0. The zero-order chi connectivity index (χ0) is 39.8. The maximum Gasteiger partial charge on any atom is 0.0619 e. The second kappa shape index (κ2) is 15.1. The van der Waals surface area contributed by atoms with Crippen LogP contribution in [0.1, 0.15) is 0 Å². The van der Waals surface area contributed by atoms with Crippen LogP contribution in [-0.4, -0.2) is 4.57 Å². The minimum atomic E-state index is 1.09. The zero-order valence-corrected chi connectivity index (χ0v) is 33.0. The highest BCUT2D eigenvalue weighted by atomic mass is 15.1. The van der Waals surface area contributed by atoms with Crippen molar-refractivity contribution in [1.29, 1.82) is 0 Å². The van der Waals surface area contributed by atoms with E-state index in [0.717, 1.165) is 28.3 Å². The van der Waals surface area contributed by atoms with Crippen LogP contribution < -0.4 is 4.90 Å². The Morgan fingerprint density at radius 3 is 1.55 bits per heavy atom. The fraction of sp³-hybridized carbons (Fsp3) is 0. The molecule has 0 saturated carbocycles. The van der Waals surface area contributed by atoms with Gasteiger partial charge in [-0.2, -0.15) is 0 Å². The molecular formula is C58H40N2. The van der Waals surface area contributed by atoms with Crippen LogP contribution in [0.5, 0.6) is 0 Å². The van der Waals surface area contributed by atoms with E-state index in [0.29, 0.717) is 0 Å². The molecule has 1 aromatic heterocycles. The van der Waals surface area contributed by atoms with Gasteiger partial charge in [0.15, 0.2) is 0 Å². The lowest BCUT2D eigenvalue weighted by Gasteiger charge is -2.26. The fourth-order valence-corrected chi connectivity index (χ4v) is 8.92. The van der Waals surface area contributed by atoms with E-state index in [1.807, 2.05) is 0 Å². The van der Waals surface area contributed by atoms with Crippen molar-refractivity contribution in [3.63, 3.8) is 0 Å². The molecule has 0 saturated heterocycles. The lowest BCUT2D eigenvalue weighted by Crippen LogP contribution is -2.10. The van der Waals surface area contributed by atoms with Gasteiger partial charge in [0.05, 0.1) is 11.0 Å². The number of hydrogen-bond acceptors (Lipinski definition) is 1. The van der Waals surface area contributed by atoms with Crippen LogP contribution in [0, 0.1) is 0 Å². The Morgan fingerprint density at radius 2 is 0.833 bits per heavy atom. The maximum atomic E-state index is 2.44. The minimum absolute atomic E-state index is 1.09. The predicted molar refractivity (Wildman–Crippen MR) is 255 cm³/mol. The zero-order valence-electron chi connectivity index (χ0n) is 33.0. The average molecular weight is 765 g/mol. The van der Waals surface area contributed by atoms with Gasteiger partial charge in [-0.15, -0.1) is 0 Å². The second-order valence-corrected chi connectivity index (χ2v) is 15.3. The maximum absolute atomic E-state index is 2.44. The van der Waals surface area contributed by atoms with Gasteiger partial charge < -0.3 is 9.47 Å². The van der Waals surface area contributed by atoms with Crippen LogP contribution in [-0.2, 0) is 0 Å². The molecule has 0 aliphatic rings. The van der Waals surface area contributed by atoms with Crippen LogP contribution >= 0.6 is 0 Å². The van der Waals surface area contributed by atoms with E-state index < -0.39 is 0 Å². The summed E-state index contributed by atoms with van der Waals surface area (Å²) < 4.78 is 2.44. The molecule has 0 atom stereocenters. The third-order valence-corrected chi connectivity index (χ3v) is 11.8. The highest BCUT2D eigenvalue weighted by molar-refractivity contribution is 6.19. The molecule has 0 amide bonds. The molecule has 0 aliphatic carbocycles. The summed E-state index contributed by atoms with van der Waals surface area (Å²) in [6.07, 6.45) is 0. The van der Waals surface area contributed by atoms with Crippen molar-refractivity contribution in [3.05, 3.63) is 243 Å². The first-order valence-corrected chi connectivity index (χ1v) is 20.6. The molecule has 11 aromatic rings. The molecule has 60 heavy (non-hydrogen) atoms. The molecule has 0 radical (unpaired) electrons. The number of rotatable bonds is 8. The number of aromatic nitrogens is 1. The van der Waals surface area contributed by atoms with Gasteiger partial charge in [-0.3, -0.25) is 0 Å². The van der Waals surface area contributed by atoms with E-state index in [1.165, 1.54) is 71.5 Å². The lowest BCUT2D eigenvalue weighted by atomic mass is 9.97. The first kappa shape index (κ1) is 35.2. The van der Waals surface area contributed by atoms with Crippen molar-refractivity contribution in [3.8, 4) is 50.2 Å². The molecule has 2 heteroatoms.